The van der Waals surface area contributed by atoms with E-state index in [0.717, 1.165) is 29.7 Å². The molecule has 3 aliphatic rings. The first-order valence-electron chi connectivity index (χ1n) is 8.70. The number of likely N-dealkylation sites (tertiary alicyclic amines) is 1. The highest BCUT2D eigenvalue weighted by atomic mass is 15.2. The third kappa shape index (κ3) is 3.16. The van der Waals surface area contributed by atoms with Gasteiger partial charge < -0.3 is 10.2 Å². The number of rotatable bonds is 3. The molecule has 0 spiro atoms. The minimum Gasteiger partial charge on any atom is -0.312 e. The van der Waals surface area contributed by atoms with Crippen molar-refractivity contribution in [3.05, 3.63) is 0 Å². The number of hydrogen-bond acceptors (Lipinski definition) is 2. The van der Waals surface area contributed by atoms with Crippen LogP contribution in [0, 0.1) is 23.7 Å². The van der Waals surface area contributed by atoms with Crippen LogP contribution in [0.15, 0.2) is 0 Å². The van der Waals surface area contributed by atoms with Crippen LogP contribution < -0.4 is 5.32 Å². The highest BCUT2D eigenvalue weighted by Gasteiger charge is 2.39. The minimum atomic E-state index is 0.808. The molecule has 19 heavy (non-hydrogen) atoms. The lowest BCUT2D eigenvalue weighted by molar-refractivity contribution is 0.227. The van der Waals surface area contributed by atoms with Gasteiger partial charge in [-0.3, -0.25) is 0 Å². The van der Waals surface area contributed by atoms with Crippen LogP contribution in [0.2, 0.25) is 0 Å². The van der Waals surface area contributed by atoms with E-state index in [1.807, 2.05) is 0 Å². The third-order valence-electron chi connectivity index (χ3n) is 6.14. The maximum atomic E-state index is 3.82. The molecule has 3 fully saturated rings. The first kappa shape index (κ1) is 13.9. The van der Waals surface area contributed by atoms with Crippen molar-refractivity contribution < 1.29 is 0 Å². The Morgan fingerprint density at radius 1 is 1.05 bits per heavy atom. The molecule has 2 heteroatoms. The first-order valence-corrected chi connectivity index (χ1v) is 8.70. The lowest BCUT2D eigenvalue weighted by Gasteiger charge is -2.27. The van der Waals surface area contributed by atoms with E-state index in [1.54, 1.807) is 0 Å². The highest BCUT2D eigenvalue weighted by molar-refractivity contribution is 4.95. The van der Waals surface area contributed by atoms with Gasteiger partial charge in [0.25, 0.3) is 0 Å². The van der Waals surface area contributed by atoms with E-state index in [1.165, 1.54) is 64.7 Å². The zero-order valence-corrected chi connectivity index (χ0v) is 12.9. The molecule has 4 unspecified atom stereocenters. The summed E-state index contributed by atoms with van der Waals surface area (Å²) >= 11 is 0. The second-order valence-corrected chi connectivity index (χ2v) is 7.61. The lowest BCUT2D eigenvalue weighted by Crippen LogP contribution is -2.41. The molecule has 110 valence electrons. The van der Waals surface area contributed by atoms with Gasteiger partial charge in [-0.05, 0) is 75.4 Å². The summed E-state index contributed by atoms with van der Waals surface area (Å²) < 4.78 is 0. The van der Waals surface area contributed by atoms with Gasteiger partial charge in [0.1, 0.15) is 0 Å². The monoisotopic (exact) mass is 264 g/mol. The molecule has 1 aliphatic carbocycles. The summed E-state index contributed by atoms with van der Waals surface area (Å²) in [5, 5.41) is 3.82. The van der Waals surface area contributed by atoms with Crippen LogP contribution in [-0.2, 0) is 0 Å². The molecule has 0 aromatic heterocycles. The van der Waals surface area contributed by atoms with Crippen LogP contribution in [0.3, 0.4) is 0 Å². The molecule has 2 heterocycles. The van der Waals surface area contributed by atoms with Gasteiger partial charge in [0.15, 0.2) is 0 Å². The van der Waals surface area contributed by atoms with Crippen molar-refractivity contribution in [2.24, 2.45) is 23.7 Å². The van der Waals surface area contributed by atoms with Crippen LogP contribution in [0.1, 0.15) is 52.4 Å². The predicted octanol–water partition coefficient (Wildman–Crippen LogP) is 3.13. The van der Waals surface area contributed by atoms with Crippen LogP contribution in [0.5, 0.6) is 0 Å². The molecule has 1 N–H and O–H groups in total. The van der Waals surface area contributed by atoms with Gasteiger partial charge in [-0.1, -0.05) is 20.3 Å². The van der Waals surface area contributed by atoms with E-state index in [-0.39, 0.29) is 0 Å². The van der Waals surface area contributed by atoms with Gasteiger partial charge in [0.2, 0.25) is 0 Å². The van der Waals surface area contributed by atoms with Crippen LogP contribution in [0.4, 0.5) is 0 Å². The van der Waals surface area contributed by atoms with Gasteiger partial charge in [-0.2, -0.15) is 0 Å². The molecule has 0 radical (unpaired) electrons. The van der Waals surface area contributed by atoms with Crippen molar-refractivity contribution in [3.63, 3.8) is 0 Å². The van der Waals surface area contributed by atoms with E-state index in [9.17, 15) is 0 Å². The molecule has 0 aromatic rings. The molecule has 3 rings (SSSR count). The zero-order valence-electron chi connectivity index (χ0n) is 12.9. The largest absolute Gasteiger partial charge is 0.312 e. The topological polar surface area (TPSA) is 15.3 Å². The predicted molar refractivity (Wildman–Crippen MR) is 81.2 cm³/mol. The Labute approximate surface area is 119 Å². The molecular weight excluding hydrogens is 232 g/mol. The van der Waals surface area contributed by atoms with Gasteiger partial charge in [-0.25, -0.2) is 0 Å². The molecule has 0 aromatic carbocycles. The molecule has 1 saturated carbocycles. The van der Waals surface area contributed by atoms with Crippen molar-refractivity contribution in [2.75, 3.05) is 26.2 Å². The summed E-state index contributed by atoms with van der Waals surface area (Å²) in [7, 11) is 0. The van der Waals surface area contributed by atoms with Gasteiger partial charge in [-0.15, -0.1) is 0 Å². The average molecular weight is 264 g/mol. The highest BCUT2D eigenvalue weighted by Crippen LogP contribution is 2.38. The number of hydrogen-bond donors (Lipinski definition) is 1. The lowest BCUT2D eigenvalue weighted by atomic mass is 9.89. The third-order valence-corrected chi connectivity index (χ3v) is 6.14. The Morgan fingerprint density at radius 2 is 1.95 bits per heavy atom. The normalized spacial score (nSPS) is 40.6. The quantitative estimate of drug-likeness (QED) is 0.842. The van der Waals surface area contributed by atoms with Gasteiger partial charge in [0.05, 0.1) is 0 Å². The van der Waals surface area contributed by atoms with E-state index in [0.29, 0.717) is 0 Å². The van der Waals surface area contributed by atoms with Crippen molar-refractivity contribution in [2.45, 2.75) is 58.4 Å². The number of nitrogens with one attached hydrogen (secondary N) is 1. The Kier molecular flexibility index (Phi) is 4.48. The second-order valence-electron chi connectivity index (χ2n) is 7.61. The molecule has 4 atom stereocenters. The zero-order chi connectivity index (χ0) is 13.2. The SMILES string of the molecule is CC(C)C1CCCN(CC2NCC3CCCC32)CC1. The van der Waals surface area contributed by atoms with E-state index < -0.39 is 0 Å². The minimum absolute atomic E-state index is 0.808. The molecule has 0 amide bonds. The summed E-state index contributed by atoms with van der Waals surface area (Å²) in [6.07, 6.45) is 8.78. The maximum absolute atomic E-state index is 3.82. The molecule has 2 nitrogen and oxygen atoms in total. The molecule has 0 bridgehead atoms. The van der Waals surface area contributed by atoms with Crippen LogP contribution in [-0.4, -0.2) is 37.1 Å². The smallest absolute Gasteiger partial charge is 0.0226 e. The van der Waals surface area contributed by atoms with Crippen LogP contribution in [0.25, 0.3) is 0 Å². The van der Waals surface area contributed by atoms with Gasteiger partial charge in [0, 0.05) is 12.6 Å². The fourth-order valence-corrected chi connectivity index (χ4v) is 4.81. The molecular formula is C17H32N2. The number of fused-ring (bicyclic) bond motifs is 1. The number of nitrogens with zero attached hydrogens (tertiary/aromatic N) is 1. The van der Waals surface area contributed by atoms with E-state index in [2.05, 4.69) is 24.1 Å². The Morgan fingerprint density at radius 3 is 2.79 bits per heavy atom. The fourth-order valence-electron chi connectivity index (χ4n) is 4.81. The summed E-state index contributed by atoms with van der Waals surface area (Å²) in [4.78, 5) is 2.76. The van der Waals surface area contributed by atoms with Crippen molar-refractivity contribution in [1.29, 1.82) is 0 Å². The summed E-state index contributed by atoms with van der Waals surface area (Å²) in [5.74, 6) is 3.87. The van der Waals surface area contributed by atoms with Crippen molar-refractivity contribution in [3.8, 4) is 0 Å². The second kappa shape index (κ2) is 6.13. The van der Waals surface area contributed by atoms with Gasteiger partial charge >= 0.3 is 0 Å². The Bertz CT molecular complexity index is 289. The van der Waals surface area contributed by atoms with Crippen molar-refractivity contribution >= 4 is 0 Å². The Hall–Kier alpha value is -0.0800. The van der Waals surface area contributed by atoms with E-state index >= 15 is 0 Å². The summed E-state index contributed by atoms with van der Waals surface area (Å²) in [5.41, 5.74) is 0. The maximum Gasteiger partial charge on any atom is 0.0226 e. The standard InChI is InChI=1S/C17H32N2/c1-13(2)14-6-4-9-19(10-8-14)12-17-16-7-3-5-15(16)11-18-17/h13-18H,3-12H2,1-2H3. The van der Waals surface area contributed by atoms with Crippen molar-refractivity contribution in [1.82, 2.24) is 10.2 Å². The molecule has 2 saturated heterocycles. The average Bonchev–Trinajstić information content (AvgIpc) is 2.89. The summed E-state index contributed by atoms with van der Waals surface area (Å²) in [6, 6.07) is 0.808. The first-order chi connectivity index (χ1) is 9.24. The summed E-state index contributed by atoms with van der Waals surface area (Å²) in [6.45, 7) is 10.1. The van der Waals surface area contributed by atoms with Crippen LogP contribution >= 0.6 is 0 Å². The fraction of sp³-hybridized carbons (Fsp3) is 1.00. The van der Waals surface area contributed by atoms with E-state index in [4.69, 9.17) is 0 Å². The Balaban J connectivity index is 1.50. The molecule has 2 aliphatic heterocycles.